The van der Waals surface area contributed by atoms with E-state index in [-0.39, 0.29) is 16.6 Å². The molecule has 25 heavy (non-hydrogen) atoms. The monoisotopic (exact) mass is 370 g/mol. The van der Waals surface area contributed by atoms with Gasteiger partial charge >= 0.3 is 5.97 Å². The van der Waals surface area contributed by atoms with Crippen molar-refractivity contribution in [3.8, 4) is 0 Å². The second kappa shape index (κ2) is 8.41. The second-order valence-electron chi connectivity index (χ2n) is 5.83. The predicted octanol–water partition coefficient (Wildman–Crippen LogP) is 0.389. The Labute approximate surface area is 147 Å². The van der Waals surface area contributed by atoms with Crippen LogP contribution in [0.4, 0.5) is 0 Å². The minimum absolute atomic E-state index is 0.00701. The van der Waals surface area contributed by atoms with Crippen LogP contribution in [0.25, 0.3) is 0 Å². The fourth-order valence-electron chi connectivity index (χ4n) is 2.29. The molecule has 1 amide bonds. The Morgan fingerprint density at radius 3 is 2.76 bits per heavy atom. The van der Waals surface area contributed by atoms with E-state index in [1.165, 1.54) is 38.4 Å². The maximum absolute atomic E-state index is 12.1. The number of carbonyl (C=O) groups is 2. The van der Waals surface area contributed by atoms with Gasteiger partial charge in [-0.3, -0.25) is 4.79 Å². The summed E-state index contributed by atoms with van der Waals surface area (Å²) in [5.74, 6) is -1.19. The van der Waals surface area contributed by atoms with Gasteiger partial charge in [-0.05, 0) is 31.0 Å². The van der Waals surface area contributed by atoms with Crippen molar-refractivity contribution in [2.45, 2.75) is 23.8 Å². The highest BCUT2D eigenvalue weighted by molar-refractivity contribution is 7.89. The second-order valence-corrected chi connectivity index (χ2v) is 7.98. The summed E-state index contributed by atoms with van der Waals surface area (Å²) in [4.78, 5) is 23.7. The maximum Gasteiger partial charge on any atom is 0.338 e. The number of esters is 1. The molecular formula is C16H22N2O6S. The highest BCUT2D eigenvalue weighted by Gasteiger charge is 2.20. The lowest BCUT2D eigenvalue weighted by molar-refractivity contribution is -0.124. The van der Waals surface area contributed by atoms with Crippen molar-refractivity contribution >= 4 is 21.9 Å². The molecule has 1 fully saturated rings. The third kappa shape index (κ3) is 5.25. The van der Waals surface area contributed by atoms with E-state index in [1.54, 1.807) is 0 Å². The molecule has 0 saturated carbocycles. The van der Waals surface area contributed by atoms with E-state index >= 15 is 0 Å². The Kier molecular flexibility index (Phi) is 6.51. The fourth-order valence-corrected chi connectivity index (χ4v) is 3.24. The number of amides is 1. The van der Waals surface area contributed by atoms with Gasteiger partial charge in [0.25, 0.3) is 5.91 Å². The van der Waals surface area contributed by atoms with Crippen LogP contribution in [-0.4, -0.2) is 64.6 Å². The SMILES string of the molecule is CN(C)S(=O)(=O)c1cccc(C(=O)OCC(=O)NC[C@@H]2CCCO2)c1. The van der Waals surface area contributed by atoms with E-state index in [9.17, 15) is 18.0 Å². The van der Waals surface area contributed by atoms with Crippen LogP contribution in [0.2, 0.25) is 0 Å². The zero-order valence-electron chi connectivity index (χ0n) is 14.2. The summed E-state index contributed by atoms with van der Waals surface area (Å²) in [7, 11) is -0.847. The van der Waals surface area contributed by atoms with Crippen LogP contribution in [0.1, 0.15) is 23.2 Å². The number of ether oxygens (including phenoxy) is 2. The highest BCUT2D eigenvalue weighted by Crippen LogP contribution is 2.15. The average molecular weight is 370 g/mol. The van der Waals surface area contributed by atoms with Gasteiger partial charge in [-0.1, -0.05) is 6.07 Å². The van der Waals surface area contributed by atoms with Crippen molar-refractivity contribution in [2.75, 3.05) is 33.9 Å². The number of hydrogen-bond donors (Lipinski definition) is 1. The van der Waals surface area contributed by atoms with Gasteiger partial charge < -0.3 is 14.8 Å². The summed E-state index contributed by atoms with van der Waals surface area (Å²) < 4.78 is 35.5. The molecule has 1 saturated heterocycles. The quantitative estimate of drug-likeness (QED) is 0.697. The molecule has 0 aliphatic carbocycles. The van der Waals surface area contributed by atoms with E-state index < -0.39 is 28.5 Å². The number of benzene rings is 1. The lowest BCUT2D eigenvalue weighted by Crippen LogP contribution is -2.34. The van der Waals surface area contributed by atoms with Crippen LogP contribution >= 0.6 is 0 Å². The van der Waals surface area contributed by atoms with Crippen molar-refractivity contribution in [3.05, 3.63) is 29.8 Å². The smallest absolute Gasteiger partial charge is 0.338 e. The van der Waals surface area contributed by atoms with Crippen LogP contribution in [0.5, 0.6) is 0 Å². The van der Waals surface area contributed by atoms with Gasteiger partial charge in [0.15, 0.2) is 6.61 Å². The largest absolute Gasteiger partial charge is 0.452 e. The zero-order valence-corrected chi connectivity index (χ0v) is 15.0. The van der Waals surface area contributed by atoms with Gasteiger partial charge in [-0.2, -0.15) is 0 Å². The number of nitrogens with zero attached hydrogens (tertiary/aromatic N) is 1. The molecule has 1 aromatic carbocycles. The van der Waals surface area contributed by atoms with Crippen LogP contribution in [0.15, 0.2) is 29.2 Å². The first kappa shape index (κ1) is 19.4. The zero-order chi connectivity index (χ0) is 18.4. The summed E-state index contributed by atoms with van der Waals surface area (Å²) in [6, 6.07) is 5.49. The maximum atomic E-state index is 12.1. The molecule has 0 radical (unpaired) electrons. The molecular weight excluding hydrogens is 348 g/mol. The number of hydrogen-bond acceptors (Lipinski definition) is 6. The first-order chi connectivity index (χ1) is 11.8. The standard InChI is InChI=1S/C16H22N2O6S/c1-18(2)25(21,22)14-7-3-5-12(9-14)16(20)24-11-15(19)17-10-13-6-4-8-23-13/h3,5,7,9,13H,4,6,8,10-11H2,1-2H3,(H,17,19)/t13-/m0/s1. The Bertz CT molecular complexity index is 726. The van der Waals surface area contributed by atoms with Gasteiger partial charge in [0, 0.05) is 27.2 Å². The van der Waals surface area contributed by atoms with E-state index in [2.05, 4.69) is 5.32 Å². The topological polar surface area (TPSA) is 102 Å². The highest BCUT2D eigenvalue weighted by atomic mass is 32.2. The predicted molar refractivity (Wildman–Crippen MR) is 89.6 cm³/mol. The molecule has 1 atom stereocenters. The molecule has 1 N–H and O–H groups in total. The molecule has 1 heterocycles. The van der Waals surface area contributed by atoms with E-state index in [4.69, 9.17) is 9.47 Å². The average Bonchev–Trinajstić information content (AvgIpc) is 3.11. The van der Waals surface area contributed by atoms with Gasteiger partial charge in [-0.15, -0.1) is 0 Å². The van der Waals surface area contributed by atoms with Crippen molar-refractivity contribution < 1.29 is 27.5 Å². The molecule has 0 spiro atoms. The minimum Gasteiger partial charge on any atom is -0.452 e. The molecule has 0 unspecified atom stereocenters. The third-order valence-electron chi connectivity index (χ3n) is 3.73. The lowest BCUT2D eigenvalue weighted by Gasteiger charge is -2.12. The Hall–Kier alpha value is -1.97. The summed E-state index contributed by atoms with van der Waals surface area (Å²) in [6.45, 7) is 0.644. The molecule has 1 aliphatic heterocycles. The number of nitrogens with one attached hydrogen (secondary N) is 1. The van der Waals surface area contributed by atoms with E-state index in [0.29, 0.717) is 13.2 Å². The lowest BCUT2D eigenvalue weighted by atomic mass is 10.2. The fraction of sp³-hybridized carbons (Fsp3) is 0.500. The van der Waals surface area contributed by atoms with Gasteiger partial charge in [0.1, 0.15) is 0 Å². The molecule has 1 aliphatic rings. The van der Waals surface area contributed by atoms with Crippen molar-refractivity contribution in [3.63, 3.8) is 0 Å². The molecule has 2 rings (SSSR count). The molecule has 1 aromatic rings. The summed E-state index contributed by atoms with van der Waals surface area (Å²) in [5.41, 5.74) is 0.0647. The molecule has 9 heteroatoms. The van der Waals surface area contributed by atoms with Gasteiger partial charge in [0.05, 0.1) is 16.6 Å². The van der Waals surface area contributed by atoms with E-state index in [0.717, 1.165) is 17.1 Å². The minimum atomic E-state index is -3.65. The van der Waals surface area contributed by atoms with Crippen LogP contribution in [-0.2, 0) is 24.3 Å². The Morgan fingerprint density at radius 2 is 2.12 bits per heavy atom. The van der Waals surface area contributed by atoms with Crippen LogP contribution in [0.3, 0.4) is 0 Å². The van der Waals surface area contributed by atoms with Gasteiger partial charge in [-0.25, -0.2) is 17.5 Å². The number of rotatable bonds is 7. The molecule has 8 nitrogen and oxygen atoms in total. The van der Waals surface area contributed by atoms with Crippen LogP contribution in [0, 0.1) is 0 Å². The Balaban J connectivity index is 1.89. The molecule has 0 aromatic heterocycles. The van der Waals surface area contributed by atoms with Gasteiger partial charge in [0.2, 0.25) is 10.0 Å². The molecule has 138 valence electrons. The van der Waals surface area contributed by atoms with Crippen molar-refractivity contribution in [1.29, 1.82) is 0 Å². The van der Waals surface area contributed by atoms with Crippen molar-refractivity contribution in [2.24, 2.45) is 0 Å². The first-order valence-electron chi connectivity index (χ1n) is 7.88. The van der Waals surface area contributed by atoms with Crippen molar-refractivity contribution in [1.82, 2.24) is 9.62 Å². The normalized spacial score (nSPS) is 17.5. The summed E-state index contributed by atoms with van der Waals surface area (Å²) in [6.07, 6.45) is 1.88. The van der Waals surface area contributed by atoms with Crippen LogP contribution < -0.4 is 5.32 Å². The number of sulfonamides is 1. The molecule has 0 bridgehead atoms. The Morgan fingerprint density at radius 1 is 1.36 bits per heavy atom. The summed E-state index contributed by atoms with van der Waals surface area (Å²) in [5, 5.41) is 2.64. The number of carbonyl (C=O) groups excluding carboxylic acids is 2. The summed E-state index contributed by atoms with van der Waals surface area (Å²) >= 11 is 0. The third-order valence-corrected chi connectivity index (χ3v) is 5.54. The first-order valence-corrected chi connectivity index (χ1v) is 9.32. The van der Waals surface area contributed by atoms with E-state index in [1.807, 2.05) is 0 Å².